The zero-order valence-electron chi connectivity index (χ0n) is 20.0. The number of amides is 3. The van der Waals surface area contributed by atoms with Crippen LogP contribution in [0.3, 0.4) is 0 Å². The van der Waals surface area contributed by atoms with Crippen LogP contribution in [0, 0.1) is 5.92 Å². The Morgan fingerprint density at radius 3 is 1.88 bits per heavy atom. The summed E-state index contributed by atoms with van der Waals surface area (Å²) in [5.41, 5.74) is 11.2. The Balaban J connectivity index is 5.41. The fraction of sp³-hybridized carbons (Fsp3) is 0.762. The summed E-state index contributed by atoms with van der Waals surface area (Å²) < 4.78 is 0. The van der Waals surface area contributed by atoms with Crippen LogP contribution in [0.4, 0.5) is 0 Å². The van der Waals surface area contributed by atoms with Gasteiger partial charge in [0.2, 0.25) is 17.7 Å². The van der Waals surface area contributed by atoms with Crippen molar-refractivity contribution in [1.29, 1.82) is 0 Å². The Hall–Kier alpha value is -2.77. The van der Waals surface area contributed by atoms with E-state index >= 15 is 0 Å². The maximum Gasteiger partial charge on any atom is 0.326 e. The molecule has 13 nitrogen and oxygen atoms in total. The fourth-order valence-electron chi connectivity index (χ4n) is 3.06. The van der Waals surface area contributed by atoms with Crippen LogP contribution in [0.25, 0.3) is 0 Å². The summed E-state index contributed by atoms with van der Waals surface area (Å²) in [7, 11) is 0. The van der Waals surface area contributed by atoms with Gasteiger partial charge in [-0.05, 0) is 51.5 Å². The van der Waals surface area contributed by atoms with E-state index in [1.165, 1.54) is 6.92 Å². The standard InChI is InChI=1S/C21H39N5O8/c1-11(2)10-15(21(33)34)25-20(32)17(12(3)27)26-19(31)14(6-4-5-9-22)24-18(30)13(23)7-8-16(28)29/h11-15,17,27H,4-10,22-23H2,1-3H3,(H,24,30)(H,25,32)(H,26,31)(H,28,29)(H,33,34). The molecule has 0 fully saturated rings. The lowest BCUT2D eigenvalue weighted by molar-refractivity contribution is -0.143. The Morgan fingerprint density at radius 2 is 1.41 bits per heavy atom. The van der Waals surface area contributed by atoms with Gasteiger partial charge in [0.25, 0.3) is 0 Å². The highest BCUT2D eigenvalue weighted by Gasteiger charge is 2.32. The van der Waals surface area contributed by atoms with Gasteiger partial charge in [0.05, 0.1) is 12.1 Å². The van der Waals surface area contributed by atoms with E-state index in [2.05, 4.69) is 16.0 Å². The third kappa shape index (κ3) is 12.5. The molecule has 0 spiro atoms. The van der Waals surface area contributed by atoms with Crippen molar-refractivity contribution in [1.82, 2.24) is 16.0 Å². The molecule has 0 aromatic rings. The molecule has 10 N–H and O–H groups in total. The van der Waals surface area contributed by atoms with Crippen molar-refractivity contribution in [2.24, 2.45) is 17.4 Å². The number of carbonyl (C=O) groups is 5. The normalized spacial score (nSPS) is 15.5. The second-order valence-corrected chi connectivity index (χ2v) is 8.64. The molecule has 0 heterocycles. The van der Waals surface area contributed by atoms with Gasteiger partial charge >= 0.3 is 11.9 Å². The number of carbonyl (C=O) groups excluding carboxylic acids is 3. The van der Waals surface area contributed by atoms with Crippen molar-refractivity contribution >= 4 is 29.7 Å². The highest BCUT2D eigenvalue weighted by atomic mass is 16.4. The number of carboxylic acid groups (broad SMARTS) is 2. The number of rotatable bonds is 17. The maximum absolute atomic E-state index is 12.9. The van der Waals surface area contributed by atoms with Gasteiger partial charge in [0.15, 0.2) is 0 Å². The number of aliphatic hydroxyl groups is 1. The Bertz CT molecular complexity index is 701. The highest BCUT2D eigenvalue weighted by Crippen LogP contribution is 2.08. The monoisotopic (exact) mass is 489 g/mol. The van der Waals surface area contributed by atoms with Crippen molar-refractivity contribution < 1.29 is 39.3 Å². The quantitative estimate of drug-likeness (QED) is 0.107. The Kier molecular flexibility index (Phi) is 14.7. The fourth-order valence-corrected chi connectivity index (χ4v) is 3.06. The molecule has 0 saturated carbocycles. The molecule has 5 unspecified atom stereocenters. The molecule has 0 saturated heterocycles. The lowest BCUT2D eigenvalue weighted by Crippen LogP contribution is -2.59. The average molecular weight is 490 g/mol. The first-order valence-corrected chi connectivity index (χ1v) is 11.3. The largest absolute Gasteiger partial charge is 0.481 e. The first-order valence-electron chi connectivity index (χ1n) is 11.3. The van der Waals surface area contributed by atoms with E-state index < -0.39 is 59.9 Å². The minimum absolute atomic E-state index is 0.0338. The third-order valence-electron chi connectivity index (χ3n) is 4.97. The predicted molar refractivity (Wildman–Crippen MR) is 122 cm³/mol. The van der Waals surface area contributed by atoms with E-state index in [1.54, 1.807) is 13.8 Å². The van der Waals surface area contributed by atoms with Crippen LogP contribution in [0.2, 0.25) is 0 Å². The first kappa shape index (κ1) is 31.2. The first-order chi connectivity index (χ1) is 15.8. The molecule has 3 amide bonds. The van der Waals surface area contributed by atoms with Crippen LogP contribution in [0.1, 0.15) is 59.3 Å². The van der Waals surface area contributed by atoms with Gasteiger partial charge in [-0.15, -0.1) is 0 Å². The molecule has 0 aliphatic carbocycles. The summed E-state index contributed by atoms with van der Waals surface area (Å²) in [6, 6.07) is -4.98. The van der Waals surface area contributed by atoms with Gasteiger partial charge in [0, 0.05) is 6.42 Å². The number of aliphatic carboxylic acids is 2. The number of hydrogen-bond donors (Lipinski definition) is 8. The van der Waals surface area contributed by atoms with E-state index in [4.69, 9.17) is 16.6 Å². The van der Waals surface area contributed by atoms with Crippen molar-refractivity contribution in [2.75, 3.05) is 6.54 Å². The topological polar surface area (TPSA) is 234 Å². The summed E-state index contributed by atoms with van der Waals surface area (Å²) in [5.74, 6) is -4.82. The molecule has 196 valence electrons. The van der Waals surface area contributed by atoms with E-state index in [0.717, 1.165) is 0 Å². The molecule has 0 bridgehead atoms. The molecule has 0 rings (SSSR count). The molecule has 5 atom stereocenters. The number of nitrogens with one attached hydrogen (secondary N) is 3. The molecule has 0 aliphatic rings. The van der Waals surface area contributed by atoms with Crippen LogP contribution in [-0.4, -0.2) is 81.8 Å². The zero-order valence-corrected chi connectivity index (χ0v) is 20.0. The number of carboxylic acids is 2. The van der Waals surface area contributed by atoms with Crippen LogP contribution in [0.15, 0.2) is 0 Å². The molecule has 0 aromatic heterocycles. The van der Waals surface area contributed by atoms with E-state index in [1.807, 2.05) is 0 Å². The van der Waals surface area contributed by atoms with E-state index in [-0.39, 0.29) is 31.6 Å². The summed E-state index contributed by atoms with van der Waals surface area (Å²) in [6.45, 7) is 5.18. The van der Waals surface area contributed by atoms with Crippen molar-refractivity contribution in [2.45, 2.75) is 89.6 Å². The molecule has 0 radical (unpaired) electrons. The Labute approximate surface area is 199 Å². The number of hydrogen-bond acceptors (Lipinski definition) is 8. The summed E-state index contributed by atoms with van der Waals surface area (Å²) in [4.78, 5) is 60.0. The SMILES string of the molecule is CC(C)CC(NC(=O)C(NC(=O)C(CCCCN)NC(=O)C(N)CCC(=O)O)C(C)O)C(=O)O. The molecular formula is C21H39N5O8. The van der Waals surface area contributed by atoms with Crippen molar-refractivity contribution in [3.8, 4) is 0 Å². The minimum Gasteiger partial charge on any atom is -0.481 e. The second kappa shape index (κ2) is 16.0. The average Bonchev–Trinajstić information content (AvgIpc) is 2.73. The highest BCUT2D eigenvalue weighted by molar-refractivity contribution is 5.94. The van der Waals surface area contributed by atoms with Gasteiger partial charge in [-0.1, -0.05) is 13.8 Å². The van der Waals surface area contributed by atoms with Crippen molar-refractivity contribution in [3.63, 3.8) is 0 Å². The van der Waals surface area contributed by atoms with Crippen LogP contribution in [-0.2, 0) is 24.0 Å². The smallest absolute Gasteiger partial charge is 0.326 e. The molecule has 0 aliphatic heterocycles. The van der Waals surface area contributed by atoms with Crippen LogP contribution >= 0.6 is 0 Å². The lowest BCUT2D eigenvalue weighted by atomic mass is 10.0. The Morgan fingerprint density at radius 1 is 0.824 bits per heavy atom. The predicted octanol–water partition coefficient (Wildman–Crippen LogP) is -1.73. The third-order valence-corrected chi connectivity index (χ3v) is 4.97. The summed E-state index contributed by atoms with van der Waals surface area (Å²) >= 11 is 0. The second-order valence-electron chi connectivity index (χ2n) is 8.64. The van der Waals surface area contributed by atoms with Gasteiger partial charge in [-0.25, -0.2) is 4.79 Å². The van der Waals surface area contributed by atoms with Crippen LogP contribution < -0.4 is 27.4 Å². The van der Waals surface area contributed by atoms with Gasteiger partial charge < -0.3 is 42.7 Å². The summed E-state index contributed by atoms with van der Waals surface area (Å²) in [5, 5.41) is 35.3. The summed E-state index contributed by atoms with van der Waals surface area (Å²) in [6.07, 6.45) is -0.516. The molecular weight excluding hydrogens is 450 g/mol. The van der Waals surface area contributed by atoms with Crippen molar-refractivity contribution in [3.05, 3.63) is 0 Å². The van der Waals surface area contributed by atoms with Crippen LogP contribution in [0.5, 0.6) is 0 Å². The maximum atomic E-state index is 12.9. The number of aliphatic hydroxyl groups excluding tert-OH is 1. The molecule has 34 heavy (non-hydrogen) atoms. The van der Waals surface area contributed by atoms with Gasteiger partial charge in [0.1, 0.15) is 18.1 Å². The zero-order chi connectivity index (χ0) is 26.4. The molecule has 0 aromatic carbocycles. The minimum atomic E-state index is -1.48. The number of nitrogens with two attached hydrogens (primary N) is 2. The lowest BCUT2D eigenvalue weighted by Gasteiger charge is -2.27. The molecule has 13 heteroatoms. The number of unbranched alkanes of at least 4 members (excludes halogenated alkanes) is 1. The van der Waals surface area contributed by atoms with Gasteiger partial charge in [-0.3, -0.25) is 19.2 Å². The van der Waals surface area contributed by atoms with Gasteiger partial charge in [-0.2, -0.15) is 0 Å². The van der Waals surface area contributed by atoms with E-state index in [0.29, 0.717) is 19.4 Å². The van der Waals surface area contributed by atoms with E-state index in [9.17, 15) is 34.2 Å².